The smallest absolute Gasteiger partial charge is 0.327 e. The number of hydrogen-bond acceptors (Lipinski definition) is 8. The van der Waals surface area contributed by atoms with Crippen LogP contribution in [0.3, 0.4) is 0 Å². The molecule has 0 saturated heterocycles. The van der Waals surface area contributed by atoms with E-state index in [1.54, 1.807) is 37.4 Å². The molecule has 3 heterocycles. The van der Waals surface area contributed by atoms with Crippen LogP contribution in [-0.4, -0.2) is 35.5 Å². The van der Waals surface area contributed by atoms with Crippen molar-refractivity contribution in [3.05, 3.63) is 77.1 Å². The van der Waals surface area contributed by atoms with Gasteiger partial charge in [0.25, 0.3) is 5.89 Å². The molecule has 5 rings (SSSR count). The molecule has 9 nitrogen and oxygen atoms in total. The van der Waals surface area contributed by atoms with Crippen LogP contribution in [0.25, 0.3) is 16.3 Å². The molecule has 1 aliphatic rings. The number of methoxy groups -OCH3 is 2. The number of benzene rings is 2. The summed E-state index contributed by atoms with van der Waals surface area (Å²) in [5.41, 5.74) is 2.45. The van der Waals surface area contributed by atoms with E-state index in [0.29, 0.717) is 39.8 Å². The van der Waals surface area contributed by atoms with Crippen molar-refractivity contribution in [1.82, 2.24) is 15.5 Å². The lowest BCUT2D eigenvalue weighted by atomic mass is 9.94. The van der Waals surface area contributed by atoms with Gasteiger partial charge in [-0.15, -0.1) is 11.3 Å². The number of ether oxygens (including phenoxy) is 2. The van der Waals surface area contributed by atoms with Gasteiger partial charge in [0.1, 0.15) is 5.75 Å². The number of nitrogens with one attached hydrogen (secondary N) is 1. The zero-order valence-corrected chi connectivity index (χ0v) is 20.0. The highest BCUT2D eigenvalue weighted by Gasteiger charge is 2.37. The maximum absolute atomic E-state index is 13.4. The highest BCUT2D eigenvalue weighted by atomic mass is 32.1. The number of amides is 2. The Bertz CT molecular complexity index is 1410. The molecule has 35 heavy (non-hydrogen) atoms. The first kappa shape index (κ1) is 22.5. The Morgan fingerprint density at radius 2 is 1.97 bits per heavy atom. The molecule has 0 bridgehead atoms. The summed E-state index contributed by atoms with van der Waals surface area (Å²) in [5, 5.41) is 19.5. The SMILES string of the molecule is COc1cccc(N2C(=O)NC(c3ccc(OC)c(O)c3)C(c3nc(-c4cccs4)no3)=C2C)c1. The van der Waals surface area contributed by atoms with Crippen molar-refractivity contribution in [3.63, 3.8) is 0 Å². The summed E-state index contributed by atoms with van der Waals surface area (Å²) in [4.78, 5) is 20.4. The molecule has 0 aliphatic carbocycles. The number of carbonyl (C=O) groups is 1. The van der Waals surface area contributed by atoms with Crippen LogP contribution in [0.4, 0.5) is 10.5 Å². The highest BCUT2D eigenvalue weighted by molar-refractivity contribution is 7.13. The molecule has 1 aliphatic heterocycles. The van der Waals surface area contributed by atoms with Gasteiger partial charge in [0.05, 0.1) is 36.4 Å². The normalized spacial score (nSPS) is 15.8. The predicted molar refractivity (Wildman–Crippen MR) is 132 cm³/mol. The number of anilines is 1. The van der Waals surface area contributed by atoms with Crippen molar-refractivity contribution in [2.24, 2.45) is 0 Å². The van der Waals surface area contributed by atoms with Crippen LogP contribution in [0, 0.1) is 0 Å². The minimum absolute atomic E-state index is 0.0451. The maximum Gasteiger partial charge on any atom is 0.327 e. The van der Waals surface area contributed by atoms with Crippen LogP contribution in [0.15, 0.2) is 70.2 Å². The summed E-state index contributed by atoms with van der Waals surface area (Å²) in [6, 6.07) is 15.0. The zero-order valence-electron chi connectivity index (χ0n) is 19.2. The molecular weight excluding hydrogens is 468 g/mol. The Morgan fingerprint density at radius 3 is 2.69 bits per heavy atom. The van der Waals surface area contributed by atoms with Crippen molar-refractivity contribution in [2.45, 2.75) is 13.0 Å². The van der Waals surface area contributed by atoms with Crippen molar-refractivity contribution in [3.8, 4) is 28.0 Å². The molecule has 0 fully saturated rings. The van der Waals surface area contributed by atoms with Gasteiger partial charge in [-0.05, 0) is 48.2 Å². The van der Waals surface area contributed by atoms with Crippen LogP contribution >= 0.6 is 11.3 Å². The number of aromatic nitrogens is 2. The van der Waals surface area contributed by atoms with Gasteiger partial charge in [-0.25, -0.2) is 4.79 Å². The van der Waals surface area contributed by atoms with Gasteiger partial charge in [-0.2, -0.15) is 4.98 Å². The Hall–Kier alpha value is -4.31. The molecule has 0 radical (unpaired) electrons. The van der Waals surface area contributed by atoms with E-state index in [1.165, 1.54) is 23.3 Å². The summed E-state index contributed by atoms with van der Waals surface area (Å²) < 4.78 is 16.2. The molecule has 1 unspecified atom stereocenters. The van der Waals surface area contributed by atoms with Crippen LogP contribution in [0.5, 0.6) is 17.2 Å². The van der Waals surface area contributed by atoms with Crippen molar-refractivity contribution in [2.75, 3.05) is 19.1 Å². The predicted octanol–water partition coefficient (Wildman–Crippen LogP) is 5.22. The van der Waals surface area contributed by atoms with Crippen LogP contribution in [0.1, 0.15) is 24.4 Å². The third-order valence-corrected chi connectivity index (χ3v) is 6.60. The first-order valence-corrected chi connectivity index (χ1v) is 11.6. The zero-order chi connectivity index (χ0) is 24.5. The number of aromatic hydroxyl groups is 1. The van der Waals surface area contributed by atoms with E-state index in [-0.39, 0.29) is 17.7 Å². The standard InChI is InChI=1S/C25H22N4O5S/c1-14-21(24-27-23(28-34-24)20-8-5-11-35-20)22(15-9-10-19(33-3)18(30)12-15)26-25(31)29(14)16-6-4-7-17(13-16)32-2/h4-13,22,30H,1-3H3,(H,26,31). The first-order chi connectivity index (χ1) is 17.0. The Labute approximate surface area is 205 Å². The van der Waals surface area contributed by atoms with Gasteiger partial charge in [0.15, 0.2) is 11.5 Å². The van der Waals surface area contributed by atoms with E-state index in [0.717, 1.165) is 4.88 Å². The largest absolute Gasteiger partial charge is 0.504 e. The van der Waals surface area contributed by atoms with E-state index in [4.69, 9.17) is 14.0 Å². The van der Waals surface area contributed by atoms with Gasteiger partial charge in [-0.3, -0.25) is 4.90 Å². The summed E-state index contributed by atoms with van der Waals surface area (Å²) in [6.45, 7) is 1.82. The van der Waals surface area contributed by atoms with Crippen molar-refractivity contribution in [1.29, 1.82) is 0 Å². The second-order valence-electron chi connectivity index (χ2n) is 7.75. The number of phenols is 1. The lowest BCUT2D eigenvalue weighted by Crippen LogP contribution is -2.46. The van der Waals surface area contributed by atoms with Gasteiger partial charge < -0.3 is 24.4 Å². The molecule has 2 aromatic carbocycles. The number of phenolic OH excluding ortho intramolecular Hbond substituents is 1. The molecule has 178 valence electrons. The van der Waals surface area contributed by atoms with E-state index >= 15 is 0 Å². The average Bonchev–Trinajstić information content (AvgIpc) is 3.56. The van der Waals surface area contributed by atoms with E-state index in [9.17, 15) is 9.90 Å². The third-order valence-electron chi connectivity index (χ3n) is 5.73. The molecule has 0 saturated carbocycles. The number of allylic oxidation sites excluding steroid dienone is 1. The van der Waals surface area contributed by atoms with Crippen LogP contribution in [0.2, 0.25) is 0 Å². The Balaban J connectivity index is 1.67. The fourth-order valence-corrected chi connectivity index (χ4v) is 4.71. The van der Waals surface area contributed by atoms with Gasteiger partial charge in [0, 0.05) is 11.8 Å². The molecule has 10 heteroatoms. The molecule has 2 aromatic heterocycles. The molecule has 2 N–H and O–H groups in total. The molecule has 2 amide bonds. The topological polar surface area (TPSA) is 110 Å². The fourth-order valence-electron chi connectivity index (χ4n) is 4.06. The summed E-state index contributed by atoms with van der Waals surface area (Å²) in [5.74, 6) is 1.62. The van der Waals surface area contributed by atoms with Gasteiger partial charge in [0.2, 0.25) is 5.82 Å². The summed E-state index contributed by atoms with van der Waals surface area (Å²) in [6.07, 6.45) is 0. The minimum atomic E-state index is -0.655. The summed E-state index contributed by atoms with van der Waals surface area (Å²) in [7, 11) is 3.05. The number of rotatable bonds is 6. The highest BCUT2D eigenvalue weighted by Crippen LogP contribution is 2.41. The Morgan fingerprint density at radius 1 is 1.11 bits per heavy atom. The third kappa shape index (κ3) is 4.08. The van der Waals surface area contributed by atoms with Crippen molar-refractivity contribution < 1.29 is 23.9 Å². The number of urea groups is 1. The second kappa shape index (κ2) is 9.15. The molecule has 1 atom stereocenters. The lowest BCUT2D eigenvalue weighted by molar-refractivity contribution is 0.244. The van der Waals surface area contributed by atoms with Gasteiger partial charge in [-0.1, -0.05) is 23.4 Å². The van der Waals surface area contributed by atoms with Crippen LogP contribution in [-0.2, 0) is 0 Å². The maximum atomic E-state index is 13.4. The molecule has 4 aromatic rings. The number of nitrogens with zero attached hydrogens (tertiary/aromatic N) is 3. The summed E-state index contributed by atoms with van der Waals surface area (Å²) >= 11 is 1.50. The average molecular weight is 491 g/mol. The first-order valence-electron chi connectivity index (χ1n) is 10.7. The van der Waals surface area contributed by atoms with Crippen molar-refractivity contribution >= 4 is 28.6 Å². The lowest BCUT2D eigenvalue weighted by Gasteiger charge is -2.35. The van der Waals surface area contributed by atoms with E-state index in [1.807, 2.05) is 36.6 Å². The monoisotopic (exact) mass is 490 g/mol. The van der Waals surface area contributed by atoms with Crippen LogP contribution < -0.4 is 19.7 Å². The number of carbonyl (C=O) groups excluding carboxylic acids is 1. The van der Waals surface area contributed by atoms with Gasteiger partial charge >= 0.3 is 6.03 Å². The Kier molecular flexibility index (Phi) is 5.87. The fraction of sp³-hybridized carbons (Fsp3) is 0.160. The molecular formula is C25H22N4O5S. The number of hydrogen-bond donors (Lipinski definition) is 2. The minimum Gasteiger partial charge on any atom is -0.504 e. The molecule has 0 spiro atoms. The number of thiophene rings is 1. The second-order valence-corrected chi connectivity index (χ2v) is 8.70. The van der Waals surface area contributed by atoms with E-state index in [2.05, 4.69) is 15.5 Å². The van der Waals surface area contributed by atoms with E-state index < -0.39 is 6.04 Å². The quantitative estimate of drug-likeness (QED) is 0.381.